The van der Waals surface area contributed by atoms with Crippen molar-refractivity contribution in [1.82, 2.24) is 0 Å². The van der Waals surface area contributed by atoms with Gasteiger partial charge in [-0.3, -0.25) is 0 Å². The topological polar surface area (TPSA) is 111 Å². The average Bonchev–Trinajstić information content (AvgIpc) is 2.91. The lowest BCUT2D eigenvalue weighted by Crippen LogP contribution is -2.46. The summed E-state index contributed by atoms with van der Waals surface area (Å²) in [5, 5.41) is 0. The van der Waals surface area contributed by atoms with Crippen LogP contribution in [-0.2, 0) is 0 Å². The molecule has 2 atom stereocenters. The molecule has 0 radical (unpaired) electrons. The highest BCUT2D eigenvalue weighted by molar-refractivity contribution is 6.74. The number of rotatable bonds is 8. The van der Waals surface area contributed by atoms with Gasteiger partial charge in [0.2, 0.25) is 0 Å². The fourth-order valence-corrected chi connectivity index (χ4v) is 13.9. The lowest BCUT2D eigenvalue weighted by Gasteiger charge is -2.36. The number of hydrogen-bond acceptors (Lipinski definition) is 6. The molecule has 2 heterocycles. The highest BCUT2D eigenvalue weighted by Gasteiger charge is 2.42. The van der Waals surface area contributed by atoms with Crippen LogP contribution < -0.4 is 20.9 Å². The minimum atomic E-state index is -2.20. The van der Waals surface area contributed by atoms with Crippen molar-refractivity contribution in [3.63, 3.8) is 0 Å². The molecular formula is C28H46N2O4Si2. The Kier molecular flexibility index (Phi) is 11.0. The maximum absolute atomic E-state index is 10.9. The van der Waals surface area contributed by atoms with Gasteiger partial charge >= 0.3 is 0 Å². The maximum Gasteiger partial charge on any atom is 0.197 e. The molecule has 0 spiro atoms. The maximum atomic E-state index is 10.9. The molecule has 4 rings (SSSR count). The number of nitrogens with two attached hydrogens (primary N) is 2. The van der Waals surface area contributed by atoms with E-state index in [1.54, 1.807) is 14.2 Å². The van der Waals surface area contributed by atoms with E-state index in [1.165, 1.54) is 24.0 Å². The van der Waals surface area contributed by atoms with Crippen molar-refractivity contribution in [1.29, 1.82) is 0 Å². The predicted octanol–water partition coefficient (Wildman–Crippen LogP) is 4.80. The van der Waals surface area contributed by atoms with Gasteiger partial charge in [0, 0.05) is 11.1 Å². The van der Waals surface area contributed by atoms with Gasteiger partial charge in [0.25, 0.3) is 0 Å². The van der Waals surface area contributed by atoms with Gasteiger partial charge in [0.15, 0.2) is 16.6 Å². The minimum absolute atomic E-state index is 0.170. The van der Waals surface area contributed by atoms with Crippen LogP contribution >= 0.6 is 0 Å². The van der Waals surface area contributed by atoms with Crippen molar-refractivity contribution in [3.8, 4) is 11.5 Å². The molecule has 2 aromatic rings. The molecule has 6 N–H and O–H groups in total. The quantitative estimate of drug-likeness (QED) is 0.365. The Morgan fingerprint density at radius 1 is 0.611 bits per heavy atom. The molecule has 0 bridgehead atoms. The third-order valence-corrected chi connectivity index (χ3v) is 16.9. The van der Waals surface area contributed by atoms with Crippen molar-refractivity contribution < 1.29 is 19.1 Å². The molecule has 36 heavy (non-hydrogen) atoms. The molecule has 8 heteroatoms. The summed E-state index contributed by atoms with van der Waals surface area (Å²) in [4.78, 5) is 21.9. The van der Waals surface area contributed by atoms with E-state index in [4.69, 9.17) is 20.9 Å². The number of hydrogen-bond donors (Lipinski definition) is 4. The summed E-state index contributed by atoms with van der Waals surface area (Å²) in [6, 6.07) is 20.0. The third-order valence-electron chi connectivity index (χ3n) is 8.24. The normalized spacial score (nSPS) is 20.4. The molecule has 2 aliphatic heterocycles. The van der Waals surface area contributed by atoms with Crippen molar-refractivity contribution >= 4 is 16.6 Å². The van der Waals surface area contributed by atoms with Gasteiger partial charge < -0.3 is 30.5 Å². The van der Waals surface area contributed by atoms with E-state index in [2.05, 4.69) is 24.3 Å². The first-order valence-electron chi connectivity index (χ1n) is 13.5. The van der Waals surface area contributed by atoms with Gasteiger partial charge in [-0.05, 0) is 72.7 Å². The first kappa shape index (κ1) is 28.9. The van der Waals surface area contributed by atoms with Gasteiger partial charge in [-0.2, -0.15) is 0 Å². The number of benzene rings is 2. The Morgan fingerprint density at radius 3 is 1.17 bits per heavy atom. The fourth-order valence-electron chi connectivity index (χ4n) is 6.03. The number of methoxy groups -OCH3 is 2. The molecule has 0 amide bonds. The molecule has 2 aliphatic rings. The molecule has 0 aromatic heterocycles. The van der Waals surface area contributed by atoms with Gasteiger partial charge in [0.1, 0.15) is 11.5 Å². The smallest absolute Gasteiger partial charge is 0.197 e. The Labute approximate surface area is 219 Å². The minimum Gasteiger partial charge on any atom is -0.497 e. The van der Waals surface area contributed by atoms with Crippen molar-refractivity contribution in [2.45, 2.75) is 73.8 Å². The number of ether oxygens (including phenoxy) is 2. The molecule has 200 valence electrons. The van der Waals surface area contributed by atoms with E-state index < -0.39 is 16.6 Å². The lowest BCUT2D eigenvalue weighted by atomic mass is 10.1. The summed E-state index contributed by atoms with van der Waals surface area (Å²) in [5.41, 5.74) is 14.6. The summed E-state index contributed by atoms with van der Waals surface area (Å²) in [5.74, 6) is 1.71. The third kappa shape index (κ3) is 7.21. The van der Waals surface area contributed by atoms with Crippen LogP contribution in [0.5, 0.6) is 11.5 Å². The SMILES string of the molecule is COc1ccc([C@@H](CN)[Si]2(O)CCCCC2)cc1.COc1ccc([C@H](CN)[Si]2(O)CCCCC2)cc1. The second-order valence-corrected chi connectivity index (χ2v) is 18.3. The fraction of sp³-hybridized carbons (Fsp3) is 0.571. The van der Waals surface area contributed by atoms with Crippen LogP contribution in [0, 0.1) is 0 Å². The molecule has 2 aromatic carbocycles. The highest BCUT2D eigenvalue weighted by Crippen LogP contribution is 2.38. The van der Waals surface area contributed by atoms with Crippen LogP contribution in [0.2, 0.25) is 24.2 Å². The average molecular weight is 531 g/mol. The first-order chi connectivity index (χ1) is 17.4. The van der Waals surface area contributed by atoms with Crippen LogP contribution in [0.3, 0.4) is 0 Å². The van der Waals surface area contributed by atoms with Gasteiger partial charge in [-0.1, -0.05) is 62.8 Å². The van der Waals surface area contributed by atoms with Gasteiger partial charge in [-0.25, -0.2) is 0 Å². The van der Waals surface area contributed by atoms with E-state index in [-0.39, 0.29) is 11.1 Å². The molecular weight excluding hydrogens is 484 g/mol. The Balaban J connectivity index is 0.000000201. The zero-order chi connectivity index (χ0) is 26.0. The zero-order valence-corrected chi connectivity index (χ0v) is 24.1. The molecule has 0 saturated carbocycles. The lowest BCUT2D eigenvalue weighted by molar-refractivity contribution is 0.414. The van der Waals surface area contributed by atoms with Crippen LogP contribution in [0.1, 0.15) is 60.7 Å². The van der Waals surface area contributed by atoms with Crippen LogP contribution in [-0.4, -0.2) is 53.5 Å². The van der Waals surface area contributed by atoms with Gasteiger partial charge in [0.05, 0.1) is 14.2 Å². The molecule has 0 aliphatic carbocycles. The summed E-state index contributed by atoms with van der Waals surface area (Å²) in [7, 11) is -1.07. The van der Waals surface area contributed by atoms with Crippen LogP contribution in [0.15, 0.2) is 48.5 Å². The standard InChI is InChI=1S/2C14H23NO2Si/c2*1-17-13-7-5-12(6-8-13)14(11-15)18(16)9-3-2-4-10-18/h2*5-8,14,16H,2-4,9-11,15H2,1H3/t2*14-/m10/s1. The Hall–Kier alpha value is -1.69. The predicted molar refractivity (Wildman–Crippen MR) is 152 cm³/mol. The second-order valence-electron chi connectivity index (χ2n) is 10.5. The van der Waals surface area contributed by atoms with Crippen molar-refractivity contribution in [2.24, 2.45) is 11.5 Å². The van der Waals surface area contributed by atoms with E-state index in [0.29, 0.717) is 13.1 Å². The molecule has 2 saturated heterocycles. The molecule has 6 nitrogen and oxygen atoms in total. The summed E-state index contributed by atoms with van der Waals surface area (Å²) in [6.45, 7) is 1.10. The largest absolute Gasteiger partial charge is 0.497 e. The van der Waals surface area contributed by atoms with E-state index >= 15 is 0 Å². The van der Waals surface area contributed by atoms with Crippen LogP contribution in [0.4, 0.5) is 0 Å². The summed E-state index contributed by atoms with van der Waals surface area (Å²) >= 11 is 0. The Bertz CT molecular complexity index is 823. The molecule has 0 unspecified atom stereocenters. The van der Waals surface area contributed by atoms with Gasteiger partial charge in [-0.15, -0.1) is 0 Å². The van der Waals surface area contributed by atoms with Crippen LogP contribution in [0.25, 0.3) is 0 Å². The van der Waals surface area contributed by atoms with E-state index in [1.807, 2.05) is 24.3 Å². The van der Waals surface area contributed by atoms with E-state index in [9.17, 15) is 9.59 Å². The van der Waals surface area contributed by atoms with Crippen molar-refractivity contribution in [3.05, 3.63) is 59.7 Å². The monoisotopic (exact) mass is 530 g/mol. The zero-order valence-electron chi connectivity index (χ0n) is 22.1. The summed E-state index contributed by atoms with van der Waals surface area (Å²) < 4.78 is 10.3. The van der Waals surface area contributed by atoms with E-state index in [0.717, 1.165) is 61.4 Å². The molecule has 2 fully saturated rings. The first-order valence-corrected chi connectivity index (χ1v) is 18.4. The van der Waals surface area contributed by atoms with Crippen molar-refractivity contribution in [2.75, 3.05) is 27.3 Å². The highest BCUT2D eigenvalue weighted by atomic mass is 28.4. The summed E-state index contributed by atoms with van der Waals surface area (Å²) in [6.07, 6.45) is 7.17. The second kappa shape index (κ2) is 13.7. The Morgan fingerprint density at radius 2 is 0.917 bits per heavy atom.